The average molecular weight is 275 g/mol. The second kappa shape index (κ2) is 5.86. The summed E-state index contributed by atoms with van der Waals surface area (Å²) in [6, 6.07) is 6.67. The number of aryl methyl sites for hydroxylation is 1. The SMILES string of the molecule is CCCc1ccc2c(c1)CN(C(=O)OC(C)(C)C)CC2. The maximum absolute atomic E-state index is 12.1. The third kappa shape index (κ3) is 3.75. The van der Waals surface area contributed by atoms with Crippen molar-refractivity contribution >= 4 is 6.09 Å². The van der Waals surface area contributed by atoms with Crippen molar-refractivity contribution in [2.45, 2.75) is 59.1 Å². The number of fused-ring (bicyclic) bond motifs is 1. The van der Waals surface area contributed by atoms with E-state index in [1.165, 1.54) is 16.7 Å². The normalized spacial score (nSPS) is 14.9. The van der Waals surface area contributed by atoms with Crippen molar-refractivity contribution < 1.29 is 9.53 Å². The number of ether oxygens (including phenoxy) is 1. The van der Waals surface area contributed by atoms with E-state index in [0.29, 0.717) is 6.54 Å². The lowest BCUT2D eigenvalue weighted by molar-refractivity contribution is 0.0224. The van der Waals surface area contributed by atoms with Crippen LogP contribution in [0, 0.1) is 0 Å². The minimum Gasteiger partial charge on any atom is -0.444 e. The molecule has 0 saturated heterocycles. The summed E-state index contributed by atoms with van der Waals surface area (Å²) >= 11 is 0. The quantitative estimate of drug-likeness (QED) is 0.818. The van der Waals surface area contributed by atoms with Gasteiger partial charge in [-0.15, -0.1) is 0 Å². The summed E-state index contributed by atoms with van der Waals surface area (Å²) in [7, 11) is 0. The Kier molecular flexibility index (Phi) is 4.36. The Bertz CT molecular complexity index is 488. The molecule has 20 heavy (non-hydrogen) atoms. The van der Waals surface area contributed by atoms with Crippen LogP contribution in [0.15, 0.2) is 18.2 Å². The molecule has 3 nitrogen and oxygen atoms in total. The fourth-order valence-electron chi connectivity index (χ4n) is 2.54. The molecular formula is C17H25NO2. The second-order valence-electron chi connectivity index (χ2n) is 6.50. The lowest BCUT2D eigenvalue weighted by Gasteiger charge is -2.31. The van der Waals surface area contributed by atoms with Gasteiger partial charge >= 0.3 is 6.09 Å². The maximum Gasteiger partial charge on any atom is 0.410 e. The molecule has 0 radical (unpaired) electrons. The molecule has 2 rings (SSSR count). The smallest absolute Gasteiger partial charge is 0.410 e. The van der Waals surface area contributed by atoms with Gasteiger partial charge in [-0.05, 0) is 50.3 Å². The summed E-state index contributed by atoms with van der Waals surface area (Å²) in [6.45, 7) is 9.32. The molecular weight excluding hydrogens is 250 g/mol. The number of hydrogen-bond donors (Lipinski definition) is 0. The Balaban J connectivity index is 2.09. The molecule has 1 aromatic carbocycles. The lowest BCUT2D eigenvalue weighted by Crippen LogP contribution is -2.39. The summed E-state index contributed by atoms with van der Waals surface area (Å²) in [5, 5.41) is 0. The number of carbonyl (C=O) groups excluding carboxylic acids is 1. The zero-order valence-electron chi connectivity index (χ0n) is 13.0. The summed E-state index contributed by atoms with van der Waals surface area (Å²) in [4.78, 5) is 13.9. The van der Waals surface area contributed by atoms with Crippen LogP contribution in [0.2, 0.25) is 0 Å². The molecule has 0 atom stereocenters. The predicted molar refractivity (Wildman–Crippen MR) is 80.8 cm³/mol. The van der Waals surface area contributed by atoms with E-state index in [0.717, 1.165) is 25.8 Å². The van der Waals surface area contributed by atoms with E-state index in [1.807, 2.05) is 25.7 Å². The molecule has 0 aromatic heterocycles. The number of nitrogens with zero attached hydrogens (tertiary/aromatic N) is 1. The van der Waals surface area contributed by atoms with Gasteiger partial charge < -0.3 is 9.64 Å². The standard InChI is InChI=1S/C17H25NO2/c1-5-6-13-7-8-14-9-10-18(12-15(14)11-13)16(19)20-17(2,3)4/h7-8,11H,5-6,9-10,12H2,1-4H3. The molecule has 110 valence electrons. The fourth-order valence-corrected chi connectivity index (χ4v) is 2.54. The first kappa shape index (κ1) is 14.9. The molecule has 0 bridgehead atoms. The van der Waals surface area contributed by atoms with Crippen molar-refractivity contribution in [2.24, 2.45) is 0 Å². The molecule has 1 aromatic rings. The van der Waals surface area contributed by atoms with Crippen LogP contribution in [-0.2, 0) is 24.1 Å². The van der Waals surface area contributed by atoms with Crippen LogP contribution >= 0.6 is 0 Å². The van der Waals surface area contributed by atoms with Crippen molar-refractivity contribution in [3.63, 3.8) is 0 Å². The minimum atomic E-state index is -0.429. The molecule has 0 spiro atoms. The molecule has 1 aliphatic rings. The van der Waals surface area contributed by atoms with Crippen LogP contribution in [0.4, 0.5) is 4.79 Å². The highest BCUT2D eigenvalue weighted by atomic mass is 16.6. The van der Waals surface area contributed by atoms with Gasteiger partial charge in [-0.2, -0.15) is 0 Å². The van der Waals surface area contributed by atoms with Gasteiger partial charge in [0.2, 0.25) is 0 Å². The molecule has 1 aliphatic heterocycles. The predicted octanol–water partition coefficient (Wildman–Crippen LogP) is 3.93. The van der Waals surface area contributed by atoms with Gasteiger partial charge in [0.05, 0.1) is 0 Å². The van der Waals surface area contributed by atoms with Gasteiger partial charge in [0, 0.05) is 13.1 Å². The third-order valence-electron chi connectivity index (χ3n) is 3.47. The van der Waals surface area contributed by atoms with Crippen molar-refractivity contribution in [3.8, 4) is 0 Å². The van der Waals surface area contributed by atoms with Crippen LogP contribution < -0.4 is 0 Å². The zero-order valence-corrected chi connectivity index (χ0v) is 13.0. The van der Waals surface area contributed by atoms with E-state index in [1.54, 1.807) is 0 Å². The van der Waals surface area contributed by atoms with E-state index in [4.69, 9.17) is 4.74 Å². The molecule has 0 fully saturated rings. The Labute approximate surface area is 121 Å². The van der Waals surface area contributed by atoms with Gasteiger partial charge in [0.15, 0.2) is 0 Å². The van der Waals surface area contributed by atoms with Crippen LogP contribution in [0.1, 0.15) is 50.8 Å². The topological polar surface area (TPSA) is 29.5 Å². The minimum absolute atomic E-state index is 0.205. The molecule has 0 unspecified atom stereocenters. The van der Waals surface area contributed by atoms with E-state index in [-0.39, 0.29) is 6.09 Å². The molecule has 3 heteroatoms. The van der Waals surface area contributed by atoms with Gasteiger partial charge in [0.25, 0.3) is 0 Å². The number of rotatable bonds is 2. The van der Waals surface area contributed by atoms with E-state index in [2.05, 4.69) is 25.1 Å². The fraction of sp³-hybridized carbons (Fsp3) is 0.588. The summed E-state index contributed by atoms with van der Waals surface area (Å²) in [6.07, 6.45) is 2.96. The first-order valence-electron chi connectivity index (χ1n) is 7.47. The first-order valence-corrected chi connectivity index (χ1v) is 7.47. The molecule has 1 heterocycles. The second-order valence-corrected chi connectivity index (χ2v) is 6.50. The van der Waals surface area contributed by atoms with Gasteiger partial charge in [0.1, 0.15) is 5.60 Å². The van der Waals surface area contributed by atoms with Crippen LogP contribution in [-0.4, -0.2) is 23.1 Å². The lowest BCUT2D eigenvalue weighted by atomic mass is 9.96. The molecule has 0 N–H and O–H groups in total. The average Bonchev–Trinajstić information content (AvgIpc) is 2.36. The van der Waals surface area contributed by atoms with E-state index in [9.17, 15) is 4.79 Å². The van der Waals surface area contributed by atoms with Crippen molar-refractivity contribution in [1.29, 1.82) is 0 Å². The number of hydrogen-bond acceptors (Lipinski definition) is 2. The largest absolute Gasteiger partial charge is 0.444 e. The zero-order chi connectivity index (χ0) is 14.8. The first-order chi connectivity index (χ1) is 9.39. The van der Waals surface area contributed by atoms with E-state index < -0.39 is 5.60 Å². The van der Waals surface area contributed by atoms with Gasteiger partial charge in [-0.1, -0.05) is 31.5 Å². The Hall–Kier alpha value is -1.51. The third-order valence-corrected chi connectivity index (χ3v) is 3.47. The molecule has 1 amide bonds. The van der Waals surface area contributed by atoms with Crippen LogP contribution in [0.25, 0.3) is 0 Å². The highest BCUT2D eigenvalue weighted by molar-refractivity contribution is 5.68. The van der Waals surface area contributed by atoms with Crippen molar-refractivity contribution in [2.75, 3.05) is 6.54 Å². The summed E-state index contributed by atoms with van der Waals surface area (Å²) in [5.74, 6) is 0. The van der Waals surface area contributed by atoms with Crippen LogP contribution in [0.5, 0.6) is 0 Å². The Morgan fingerprint density at radius 2 is 2.05 bits per heavy atom. The van der Waals surface area contributed by atoms with Crippen molar-refractivity contribution in [3.05, 3.63) is 34.9 Å². The van der Waals surface area contributed by atoms with Gasteiger partial charge in [-0.3, -0.25) is 0 Å². The maximum atomic E-state index is 12.1. The van der Waals surface area contributed by atoms with Crippen molar-refractivity contribution in [1.82, 2.24) is 4.90 Å². The highest BCUT2D eigenvalue weighted by Crippen LogP contribution is 2.22. The summed E-state index contributed by atoms with van der Waals surface area (Å²) < 4.78 is 5.46. The highest BCUT2D eigenvalue weighted by Gasteiger charge is 2.25. The van der Waals surface area contributed by atoms with Crippen LogP contribution in [0.3, 0.4) is 0 Å². The van der Waals surface area contributed by atoms with Gasteiger partial charge in [-0.25, -0.2) is 4.79 Å². The Morgan fingerprint density at radius 3 is 2.70 bits per heavy atom. The Morgan fingerprint density at radius 1 is 1.30 bits per heavy atom. The molecule has 0 saturated carbocycles. The number of benzene rings is 1. The summed E-state index contributed by atoms with van der Waals surface area (Å²) in [5.41, 5.74) is 3.57. The number of amides is 1. The van der Waals surface area contributed by atoms with E-state index >= 15 is 0 Å². The monoisotopic (exact) mass is 275 g/mol. The molecule has 0 aliphatic carbocycles. The number of carbonyl (C=O) groups is 1.